The third kappa shape index (κ3) is 9.12. The first kappa shape index (κ1) is 27.2. The van der Waals surface area contributed by atoms with Crippen molar-refractivity contribution in [3.8, 4) is 0 Å². The smallest absolute Gasteiger partial charge is 0.319 e. The van der Waals surface area contributed by atoms with Crippen molar-refractivity contribution in [1.82, 2.24) is 9.97 Å². The Morgan fingerprint density at radius 2 is 1.97 bits per heavy atom. The van der Waals surface area contributed by atoms with E-state index in [-0.39, 0.29) is 12.4 Å². The Kier molecular flexibility index (Phi) is 12.3. The summed E-state index contributed by atoms with van der Waals surface area (Å²) in [6, 6.07) is 4.08. The Labute approximate surface area is 202 Å². The zero-order valence-corrected chi connectivity index (χ0v) is 21.8. The van der Waals surface area contributed by atoms with Gasteiger partial charge in [0, 0.05) is 35.6 Å². The number of unbranched alkanes of at least 4 members (excludes halogenated alkanes) is 4. The molecule has 2 aromatic heterocycles. The van der Waals surface area contributed by atoms with E-state index in [4.69, 9.17) is 0 Å². The summed E-state index contributed by atoms with van der Waals surface area (Å²) in [7, 11) is 0. The van der Waals surface area contributed by atoms with Gasteiger partial charge in [0.25, 0.3) is 0 Å². The van der Waals surface area contributed by atoms with Crippen molar-refractivity contribution in [2.45, 2.75) is 68.4 Å². The molecule has 2 rings (SSSR count). The monoisotopic (exact) mass is 535 g/mol. The summed E-state index contributed by atoms with van der Waals surface area (Å²) in [5.74, 6) is 0.162. The molecule has 0 aliphatic rings. The van der Waals surface area contributed by atoms with Crippen molar-refractivity contribution in [2.24, 2.45) is 0 Å². The van der Waals surface area contributed by atoms with Crippen molar-refractivity contribution in [1.29, 1.82) is 0 Å². The number of thiazole rings is 1. The fourth-order valence-electron chi connectivity index (χ4n) is 2.76. The molecule has 0 radical (unpaired) electrons. The zero-order chi connectivity index (χ0) is 21.3. The number of nitrogens with zero attached hydrogens (tertiary/aromatic N) is 3. The SMILES string of the molecule is CCCCCCCN(CCc1csc(SC(C)(C)C(=O)O)n1)c1ccc(Br)cn1.Cl. The summed E-state index contributed by atoms with van der Waals surface area (Å²) in [6.07, 6.45) is 8.88. The summed E-state index contributed by atoms with van der Waals surface area (Å²) in [5, 5.41) is 11.3. The van der Waals surface area contributed by atoms with Gasteiger partial charge in [-0.3, -0.25) is 4.79 Å². The minimum Gasteiger partial charge on any atom is -0.480 e. The maximum atomic E-state index is 11.3. The lowest BCUT2D eigenvalue weighted by atomic mass is 10.1. The van der Waals surface area contributed by atoms with E-state index in [1.54, 1.807) is 13.8 Å². The van der Waals surface area contributed by atoms with Gasteiger partial charge in [-0.1, -0.05) is 44.4 Å². The van der Waals surface area contributed by atoms with Crippen LogP contribution in [0.1, 0.15) is 58.6 Å². The van der Waals surface area contributed by atoms with Crippen LogP contribution < -0.4 is 4.90 Å². The molecule has 0 fully saturated rings. The number of aliphatic carboxylic acids is 1. The van der Waals surface area contributed by atoms with Crippen LogP contribution in [0.15, 0.2) is 32.5 Å². The largest absolute Gasteiger partial charge is 0.480 e. The molecule has 168 valence electrons. The van der Waals surface area contributed by atoms with Gasteiger partial charge in [-0.05, 0) is 48.3 Å². The predicted octanol–water partition coefficient (Wildman–Crippen LogP) is 6.70. The summed E-state index contributed by atoms with van der Waals surface area (Å²) in [5.41, 5.74) is 1.01. The summed E-state index contributed by atoms with van der Waals surface area (Å²) >= 11 is 6.28. The number of carbonyl (C=O) groups is 1. The molecule has 0 aromatic carbocycles. The average molecular weight is 537 g/mol. The van der Waals surface area contributed by atoms with Crippen LogP contribution in [0.5, 0.6) is 0 Å². The molecule has 0 amide bonds. The Morgan fingerprint density at radius 1 is 1.23 bits per heavy atom. The first-order valence-corrected chi connectivity index (χ1v) is 12.5. The quantitative estimate of drug-likeness (QED) is 0.227. The van der Waals surface area contributed by atoms with E-state index in [2.05, 4.69) is 37.7 Å². The van der Waals surface area contributed by atoms with E-state index in [0.29, 0.717) is 0 Å². The van der Waals surface area contributed by atoms with Gasteiger partial charge in [-0.25, -0.2) is 9.97 Å². The van der Waals surface area contributed by atoms with Crippen molar-refractivity contribution >= 4 is 63.2 Å². The molecule has 9 heteroatoms. The first-order chi connectivity index (χ1) is 13.8. The van der Waals surface area contributed by atoms with Crippen molar-refractivity contribution in [3.63, 3.8) is 0 Å². The molecule has 2 aromatic rings. The van der Waals surface area contributed by atoms with Crippen LogP contribution in [0.2, 0.25) is 0 Å². The molecular weight excluding hydrogens is 506 g/mol. The second-order valence-corrected chi connectivity index (χ2v) is 11.2. The van der Waals surface area contributed by atoms with Crippen molar-refractivity contribution < 1.29 is 9.90 Å². The molecule has 0 atom stereocenters. The van der Waals surface area contributed by atoms with E-state index >= 15 is 0 Å². The van der Waals surface area contributed by atoms with Crippen LogP contribution in [0, 0.1) is 0 Å². The van der Waals surface area contributed by atoms with Gasteiger partial charge >= 0.3 is 5.97 Å². The fourth-order valence-corrected chi connectivity index (χ4v) is 5.22. The lowest BCUT2D eigenvalue weighted by molar-refractivity contribution is -0.138. The number of carboxylic acids is 1. The highest BCUT2D eigenvalue weighted by Gasteiger charge is 2.29. The zero-order valence-electron chi connectivity index (χ0n) is 17.8. The molecule has 0 saturated heterocycles. The Balaban J connectivity index is 0.00000450. The van der Waals surface area contributed by atoms with Crippen LogP contribution >= 0.6 is 51.4 Å². The summed E-state index contributed by atoms with van der Waals surface area (Å²) < 4.78 is 0.910. The molecule has 0 bridgehead atoms. The number of hydrogen-bond donors (Lipinski definition) is 1. The van der Waals surface area contributed by atoms with E-state index in [9.17, 15) is 9.90 Å². The van der Waals surface area contributed by atoms with E-state index in [1.807, 2.05) is 23.7 Å². The minimum absolute atomic E-state index is 0. The predicted molar refractivity (Wildman–Crippen MR) is 134 cm³/mol. The van der Waals surface area contributed by atoms with Gasteiger partial charge in [0.05, 0.1) is 5.69 Å². The minimum atomic E-state index is -0.874. The van der Waals surface area contributed by atoms with Crippen molar-refractivity contribution in [3.05, 3.63) is 33.9 Å². The topological polar surface area (TPSA) is 66.3 Å². The van der Waals surface area contributed by atoms with Gasteiger partial charge in [0.1, 0.15) is 10.6 Å². The van der Waals surface area contributed by atoms with E-state index < -0.39 is 10.7 Å². The number of thioether (sulfide) groups is 1. The maximum Gasteiger partial charge on any atom is 0.319 e. The third-order valence-corrected chi connectivity index (χ3v) is 7.23. The molecule has 0 saturated carbocycles. The first-order valence-electron chi connectivity index (χ1n) is 10.0. The average Bonchev–Trinajstić information content (AvgIpc) is 3.11. The van der Waals surface area contributed by atoms with Crippen LogP contribution in [-0.4, -0.2) is 38.9 Å². The van der Waals surface area contributed by atoms with Gasteiger partial charge in [0.15, 0.2) is 4.34 Å². The fraction of sp³-hybridized carbons (Fsp3) is 0.571. The molecule has 1 N–H and O–H groups in total. The number of pyridine rings is 1. The number of hydrogen-bond acceptors (Lipinski definition) is 6. The maximum absolute atomic E-state index is 11.3. The second kappa shape index (κ2) is 13.6. The second-order valence-electron chi connectivity index (χ2n) is 7.51. The standard InChI is InChI=1S/C21H30BrN3O2S2.ClH/c1-4-5-6-7-8-12-25(18-10-9-16(22)14-23-18)13-11-17-15-28-20(24-17)29-21(2,3)19(26)27;/h9-10,14-15H,4-8,11-13H2,1-3H3,(H,26,27);1H. The van der Waals surface area contributed by atoms with Crippen LogP contribution in [0.4, 0.5) is 5.82 Å². The van der Waals surface area contributed by atoms with Crippen LogP contribution in [0.25, 0.3) is 0 Å². The van der Waals surface area contributed by atoms with Gasteiger partial charge in [0.2, 0.25) is 0 Å². The lowest BCUT2D eigenvalue weighted by Gasteiger charge is -2.23. The Hall–Kier alpha value is -0.830. The molecular formula is C21H31BrClN3O2S2. The molecule has 0 unspecified atom stereocenters. The van der Waals surface area contributed by atoms with Crippen LogP contribution in [-0.2, 0) is 11.2 Å². The summed E-state index contributed by atoms with van der Waals surface area (Å²) in [4.78, 5) is 22.9. The number of halogens is 2. The van der Waals surface area contributed by atoms with Gasteiger partial charge in [-0.2, -0.15) is 0 Å². The third-order valence-electron chi connectivity index (χ3n) is 4.59. The normalized spacial score (nSPS) is 11.2. The molecule has 5 nitrogen and oxygen atoms in total. The number of anilines is 1. The molecule has 0 spiro atoms. The lowest BCUT2D eigenvalue weighted by Crippen LogP contribution is -2.28. The highest BCUT2D eigenvalue weighted by atomic mass is 79.9. The van der Waals surface area contributed by atoms with E-state index in [1.165, 1.54) is 48.8 Å². The molecule has 2 heterocycles. The highest BCUT2D eigenvalue weighted by Crippen LogP contribution is 2.34. The van der Waals surface area contributed by atoms with Crippen molar-refractivity contribution in [2.75, 3.05) is 18.0 Å². The van der Waals surface area contributed by atoms with Crippen LogP contribution in [0.3, 0.4) is 0 Å². The molecule has 0 aliphatic heterocycles. The Bertz CT molecular complexity index is 772. The van der Waals surface area contributed by atoms with Gasteiger partial charge in [-0.15, -0.1) is 23.7 Å². The van der Waals surface area contributed by atoms with Gasteiger partial charge < -0.3 is 10.0 Å². The molecule has 30 heavy (non-hydrogen) atoms. The number of aromatic nitrogens is 2. The highest BCUT2D eigenvalue weighted by molar-refractivity contribution is 9.10. The number of carboxylic acid groups (broad SMARTS) is 1. The summed E-state index contributed by atoms with van der Waals surface area (Å²) in [6.45, 7) is 7.48. The number of rotatable bonds is 13. The van der Waals surface area contributed by atoms with E-state index in [0.717, 1.165) is 46.3 Å². The molecule has 0 aliphatic carbocycles. The Morgan fingerprint density at radius 3 is 2.60 bits per heavy atom.